The van der Waals surface area contributed by atoms with Gasteiger partial charge in [-0.2, -0.15) is 0 Å². The van der Waals surface area contributed by atoms with Crippen LogP contribution < -0.4 is 0 Å². The first-order chi connectivity index (χ1) is 17.9. The van der Waals surface area contributed by atoms with E-state index in [4.69, 9.17) is 0 Å². The average Bonchev–Trinajstić information content (AvgIpc) is 3.62. The molecule has 0 aliphatic heterocycles. The largest absolute Gasteiger partial charge is 0.144 e. The Balaban J connectivity index is 1.39. The van der Waals surface area contributed by atoms with Crippen LogP contribution in [0.1, 0.15) is 22.3 Å². The molecule has 36 heavy (non-hydrogen) atoms. The standard InChI is InChI=1S/C34H20S2/c1-3-9-21(10-4-1)23-15-17-25(27-13-7-19-35-27)31-29(23)33(31)34-30-24(22-11-5-2-6-12-22)16-18-26(32(30)34)28-14-8-20-36-28/h1-20H/b34-33+. The first-order valence-corrected chi connectivity index (χ1v) is 13.9. The van der Waals surface area contributed by atoms with E-state index in [1.54, 1.807) is 0 Å². The van der Waals surface area contributed by atoms with E-state index in [1.165, 1.54) is 76.5 Å². The first kappa shape index (κ1) is 20.2. The molecule has 2 aromatic heterocycles. The zero-order chi connectivity index (χ0) is 23.6. The molecule has 6 aromatic rings. The van der Waals surface area contributed by atoms with E-state index in [0.717, 1.165) is 0 Å². The summed E-state index contributed by atoms with van der Waals surface area (Å²) in [4.78, 5) is 2.68. The third kappa shape index (κ3) is 2.99. The Hall–Kier alpha value is -3.98. The van der Waals surface area contributed by atoms with Crippen LogP contribution in [0, 0.1) is 0 Å². The normalized spacial score (nSPS) is 14.9. The molecule has 0 amide bonds. The fourth-order valence-electron chi connectivity index (χ4n) is 5.61. The van der Waals surface area contributed by atoms with Gasteiger partial charge in [-0.25, -0.2) is 0 Å². The third-order valence-corrected chi connectivity index (χ3v) is 9.08. The third-order valence-electron chi connectivity index (χ3n) is 7.28. The van der Waals surface area contributed by atoms with Crippen LogP contribution in [0.4, 0.5) is 0 Å². The average molecular weight is 493 g/mol. The molecule has 0 radical (unpaired) electrons. The molecular formula is C34H20S2. The second-order valence-electron chi connectivity index (χ2n) is 9.26. The summed E-state index contributed by atoms with van der Waals surface area (Å²) in [5.41, 5.74) is 16.6. The van der Waals surface area contributed by atoms with Crippen LogP contribution in [-0.4, -0.2) is 0 Å². The molecular weight excluding hydrogens is 473 g/mol. The minimum Gasteiger partial charge on any atom is -0.144 e. The van der Waals surface area contributed by atoms with Gasteiger partial charge in [0.15, 0.2) is 0 Å². The number of thiophene rings is 2. The van der Waals surface area contributed by atoms with Gasteiger partial charge in [0.05, 0.1) is 0 Å². The van der Waals surface area contributed by atoms with Crippen molar-refractivity contribution >= 4 is 33.8 Å². The van der Waals surface area contributed by atoms with Gasteiger partial charge in [-0.1, -0.05) is 97.1 Å². The maximum absolute atomic E-state index is 2.33. The van der Waals surface area contributed by atoms with Gasteiger partial charge < -0.3 is 0 Å². The molecule has 0 bridgehead atoms. The molecule has 2 aliphatic carbocycles. The van der Waals surface area contributed by atoms with Gasteiger partial charge in [-0.15, -0.1) is 22.7 Å². The number of rotatable bonds is 4. The van der Waals surface area contributed by atoms with Crippen LogP contribution in [0.25, 0.3) is 54.3 Å². The molecule has 0 N–H and O–H groups in total. The van der Waals surface area contributed by atoms with Crippen molar-refractivity contribution in [2.75, 3.05) is 0 Å². The highest BCUT2D eigenvalue weighted by Crippen LogP contribution is 2.65. The van der Waals surface area contributed by atoms with E-state index in [0.29, 0.717) is 0 Å². The molecule has 0 unspecified atom stereocenters. The molecule has 2 heterocycles. The van der Waals surface area contributed by atoms with Crippen LogP contribution in [0.2, 0.25) is 0 Å². The maximum atomic E-state index is 2.33. The zero-order valence-corrected chi connectivity index (χ0v) is 21.0. The molecule has 0 spiro atoms. The molecule has 0 atom stereocenters. The fraction of sp³-hybridized carbons (Fsp3) is 0. The van der Waals surface area contributed by atoms with Crippen LogP contribution >= 0.6 is 22.7 Å². The second kappa shape index (κ2) is 7.76. The number of hydrogen-bond acceptors (Lipinski definition) is 2. The summed E-state index contributed by atoms with van der Waals surface area (Å²) in [5, 5.41) is 4.35. The van der Waals surface area contributed by atoms with Crippen molar-refractivity contribution in [2.45, 2.75) is 0 Å². The van der Waals surface area contributed by atoms with Crippen LogP contribution in [0.15, 0.2) is 120 Å². The van der Waals surface area contributed by atoms with E-state index >= 15 is 0 Å². The zero-order valence-electron chi connectivity index (χ0n) is 19.4. The Morgan fingerprint density at radius 3 is 1.11 bits per heavy atom. The highest BCUT2D eigenvalue weighted by atomic mass is 32.1. The summed E-state index contributed by atoms with van der Waals surface area (Å²) in [6.45, 7) is 0. The molecule has 0 fully saturated rings. The quantitative estimate of drug-likeness (QED) is 0.229. The summed E-state index contributed by atoms with van der Waals surface area (Å²) in [7, 11) is 0. The lowest BCUT2D eigenvalue weighted by Crippen LogP contribution is -1.78. The van der Waals surface area contributed by atoms with Gasteiger partial charge in [0.25, 0.3) is 0 Å². The number of hydrogen-bond donors (Lipinski definition) is 0. The summed E-state index contributed by atoms with van der Waals surface area (Å²) >= 11 is 3.65. The van der Waals surface area contributed by atoms with E-state index in [9.17, 15) is 0 Å². The molecule has 4 aromatic carbocycles. The topological polar surface area (TPSA) is 0 Å². The Labute approximate surface area is 218 Å². The van der Waals surface area contributed by atoms with Gasteiger partial charge in [-0.3, -0.25) is 0 Å². The van der Waals surface area contributed by atoms with Crippen molar-refractivity contribution in [1.82, 2.24) is 0 Å². The van der Waals surface area contributed by atoms with Gasteiger partial charge in [0.2, 0.25) is 0 Å². The smallest absolute Gasteiger partial charge is 0.0349 e. The van der Waals surface area contributed by atoms with Crippen LogP contribution in [-0.2, 0) is 0 Å². The van der Waals surface area contributed by atoms with Crippen molar-refractivity contribution in [3.8, 4) is 43.1 Å². The molecule has 168 valence electrons. The van der Waals surface area contributed by atoms with Crippen molar-refractivity contribution in [2.24, 2.45) is 0 Å². The highest BCUT2D eigenvalue weighted by Gasteiger charge is 2.44. The van der Waals surface area contributed by atoms with E-state index in [2.05, 4.69) is 120 Å². The highest BCUT2D eigenvalue weighted by molar-refractivity contribution is 7.13. The van der Waals surface area contributed by atoms with Crippen molar-refractivity contribution in [3.63, 3.8) is 0 Å². The SMILES string of the molecule is c1ccc(-c2ccc(-c3cccs3)c3c2/C3=C2/c3c(-c4ccccc4)ccc(-c4cccs4)c32)cc1. The number of fused-ring (bicyclic) bond motifs is 2. The molecule has 2 heteroatoms. The second-order valence-corrected chi connectivity index (χ2v) is 11.2. The van der Waals surface area contributed by atoms with Crippen molar-refractivity contribution in [1.29, 1.82) is 0 Å². The lowest BCUT2D eigenvalue weighted by atomic mass is 10.0. The molecule has 0 saturated heterocycles. The lowest BCUT2D eigenvalue weighted by Gasteiger charge is -2.02. The predicted molar refractivity (Wildman–Crippen MR) is 155 cm³/mol. The van der Waals surface area contributed by atoms with E-state index in [1.807, 2.05) is 22.7 Å². The summed E-state index contributed by atoms with van der Waals surface area (Å²) < 4.78 is 0. The first-order valence-electron chi connectivity index (χ1n) is 12.2. The van der Waals surface area contributed by atoms with Crippen LogP contribution in [0.3, 0.4) is 0 Å². The fourth-order valence-corrected chi connectivity index (χ4v) is 7.13. The number of benzene rings is 4. The van der Waals surface area contributed by atoms with Crippen molar-refractivity contribution in [3.05, 3.63) is 142 Å². The monoisotopic (exact) mass is 492 g/mol. The molecule has 2 aliphatic rings. The van der Waals surface area contributed by atoms with Crippen molar-refractivity contribution < 1.29 is 0 Å². The minimum absolute atomic E-state index is 1.29. The van der Waals surface area contributed by atoms with Crippen LogP contribution in [0.5, 0.6) is 0 Å². The molecule has 0 saturated carbocycles. The lowest BCUT2D eigenvalue weighted by molar-refractivity contribution is 1.64. The van der Waals surface area contributed by atoms with Gasteiger partial charge >= 0.3 is 0 Å². The van der Waals surface area contributed by atoms with Gasteiger partial charge in [-0.05, 0) is 67.4 Å². The Morgan fingerprint density at radius 2 is 0.722 bits per heavy atom. The molecule has 8 rings (SSSR count). The summed E-state index contributed by atoms with van der Waals surface area (Å²) in [6, 6.07) is 39.8. The molecule has 0 nitrogen and oxygen atoms in total. The van der Waals surface area contributed by atoms with E-state index < -0.39 is 0 Å². The Bertz CT molecular complexity index is 1650. The predicted octanol–water partition coefficient (Wildman–Crippen LogP) is 10.1. The Kier molecular flexibility index (Phi) is 4.36. The maximum Gasteiger partial charge on any atom is 0.0349 e. The summed E-state index contributed by atoms with van der Waals surface area (Å²) in [6.07, 6.45) is 0. The van der Waals surface area contributed by atoms with Gasteiger partial charge in [0.1, 0.15) is 0 Å². The Morgan fingerprint density at radius 1 is 0.333 bits per heavy atom. The van der Waals surface area contributed by atoms with E-state index in [-0.39, 0.29) is 0 Å². The summed E-state index contributed by atoms with van der Waals surface area (Å²) in [5.74, 6) is 0. The minimum atomic E-state index is 1.29. The van der Waals surface area contributed by atoms with Gasteiger partial charge in [0, 0.05) is 32.0 Å².